The molecule has 0 unspecified atom stereocenters. The zero-order valence-electron chi connectivity index (χ0n) is 11.7. The van der Waals surface area contributed by atoms with Crippen LogP contribution in [0.15, 0.2) is 24.3 Å². The van der Waals surface area contributed by atoms with Crippen LogP contribution in [0.4, 0.5) is 5.69 Å². The summed E-state index contributed by atoms with van der Waals surface area (Å²) in [5.41, 5.74) is 2.67. The van der Waals surface area contributed by atoms with Crippen LogP contribution >= 0.6 is 0 Å². The zero-order valence-corrected chi connectivity index (χ0v) is 11.7. The van der Waals surface area contributed by atoms with Gasteiger partial charge in [0.1, 0.15) is 0 Å². The third kappa shape index (κ3) is 3.47. The normalized spacial score (nSPS) is 19.7. The van der Waals surface area contributed by atoms with E-state index < -0.39 is 0 Å². The average molecular weight is 248 g/mol. The van der Waals surface area contributed by atoms with E-state index in [0.29, 0.717) is 0 Å². The summed E-state index contributed by atoms with van der Waals surface area (Å²) < 4.78 is 5.53. The first-order valence-electron chi connectivity index (χ1n) is 6.71. The third-order valence-corrected chi connectivity index (χ3v) is 3.55. The van der Waals surface area contributed by atoms with Crippen LogP contribution in [0.25, 0.3) is 0 Å². The zero-order chi connectivity index (χ0) is 13.0. The highest BCUT2D eigenvalue weighted by atomic mass is 16.5. The molecule has 0 saturated carbocycles. The monoisotopic (exact) mass is 248 g/mol. The fraction of sp³-hybridized carbons (Fsp3) is 0.600. The standard InChI is InChI=1S/C15H24N2O/c1-13-5-4-6-14(11-13)16-7-8-17-9-10-18-12-15(17,2)3/h4-6,11,16H,7-10,12H2,1-3H3. The summed E-state index contributed by atoms with van der Waals surface area (Å²) in [5.74, 6) is 0. The molecule has 18 heavy (non-hydrogen) atoms. The third-order valence-electron chi connectivity index (χ3n) is 3.55. The van der Waals surface area contributed by atoms with E-state index in [1.807, 2.05) is 0 Å². The van der Waals surface area contributed by atoms with Crippen molar-refractivity contribution in [3.8, 4) is 0 Å². The summed E-state index contributed by atoms with van der Waals surface area (Å²) in [5, 5.41) is 3.49. The van der Waals surface area contributed by atoms with Crippen LogP contribution < -0.4 is 5.32 Å². The van der Waals surface area contributed by atoms with E-state index in [2.05, 4.69) is 55.3 Å². The van der Waals surface area contributed by atoms with E-state index in [1.165, 1.54) is 11.3 Å². The summed E-state index contributed by atoms with van der Waals surface area (Å²) in [6.45, 7) is 11.4. The lowest BCUT2D eigenvalue weighted by Gasteiger charge is -2.42. The highest BCUT2D eigenvalue weighted by Crippen LogP contribution is 2.18. The van der Waals surface area contributed by atoms with Gasteiger partial charge in [0.25, 0.3) is 0 Å². The number of hydrogen-bond donors (Lipinski definition) is 1. The van der Waals surface area contributed by atoms with E-state index in [1.54, 1.807) is 0 Å². The molecule has 3 heteroatoms. The Morgan fingerprint density at radius 3 is 2.94 bits per heavy atom. The molecule has 0 bridgehead atoms. The summed E-state index contributed by atoms with van der Waals surface area (Å²) in [6, 6.07) is 8.52. The maximum atomic E-state index is 5.53. The molecule has 2 rings (SSSR count). The molecule has 3 nitrogen and oxygen atoms in total. The summed E-state index contributed by atoms with van der Waals surface area (Å²) >= 11 is 0. The van der Waals surface area contributed by atoms with Crippen LogP contribution in [-0.4, -0.2) is 43.3 Å². The van der Waals surface area contributed by atoms with Crippen molar-refractivity contribution in [2.45, 2.75) is 26.3 Å². The van der Waals surface area contributed by atoms with Crippen LogP contribution in [0.1, 0.15) is 19.4 Å². The van der Waals surface area contributed by atoms with Gasteiger partial charge in [0.15, 0.2) is 0 Å². The van der Waals surface area contributed by atoms with Crippen molar-refractivity contribution in [2.24, 2.45) is 0 Å². The van der Waals surface area contributed by atoms with Gasteiger partial charge >= 0.3 is 0 Å². The number of anilines is 1. The molecule has 1 aromatic carbocycles. The maximum Gasteiger partial charge on any atom is 0.0645 e. The molecule has 1 aliphatic heterocycles. The first-order valence-corrected chi connectivity index (χ1v) is 6.71. The van der Waals surface area contributed by atoms with Gasteiger partial charge < -0.3 is 10.1 Å². The predicted molar refractivity (Wildman–Crippen MR) is 76.1 cm³/mol. The molecule has 1 N–H and O–H groups in total. The highest BCUT2D eigenvalue weighted by molar-refractivity contribution is 5.45. The Kier molecular flexibility index (Phi) is 4.25. The van der Waals surface area contributed by atoms with E-state index in [-0.39, 0.29) is 5.54 Å². The summed E-state index contributed by atoms with van der Waals surface area (Å²) in [6.07, 6.45) is 0. The van der Waals surface area contributed by atoms with Gasteiger partial charge in [-0.05, 0) is 38.5 Å². The molecule has 0 radical (unpaired) electrons. The number of rotatable bonds is 4. The minimum atomic E-state index is 0.159. The largest absolute Gasteiger partial charge is 0.384 e. The Bertz CT molecular complexity index is 390. The van der Waals surface area contributed by atoms with Gasteiger partial charge in [-0.15, -0.1) is 0 Å². The molecular formula is C15H24N2O. The van der Waals surface area contributed by atoms with Crippen LogP contribution in [0.5, 0.6) is 0 Å². The van der Waals surface area contributed by atoms with E-state index >= 15 is 0 Å². The molecule has 1 fully saturated rings. The van der Waals surface area contributed by atoms with Crippen molar-refractivity contribution in [1.82, 2.24) is 4.90 Å². The molecule has 1 heterocycles. The SMILES string of the molecule is Cc1cccc(NCCN2CCOCC2(C)C)c1. The molecule has 0 amide bonds. The second kappa shape index (κ2) is 5.72. The van der Waals surface area contributed by atoms with Gasteiger partial charge in [-0.25, -0.2) is 0 Å². The Labute approximate surface area is 110 Å². The predicted octanol–water partition coefficient (Wildman–Crippen LogP) is 2.52. The smallest absolute Gasteiger partial charge is 0.0645 e. The number of aryl methyl sites for hydroxylation is 1. The Hall–Kier alpha value is -1.06. The number of hydrogen-bond acceptors (Lipinski definition) is 3. The Morgan fingerprint density at radius 2 is 2.22 bits per heavy atom. The van der Waals surface area contributed by atoms with Gasteiger partial charge in [0.05, 0.1) is 13.2 Å². The first kappa shape index (κ1) is 13.4. The molecular weight excluding hydrogens is 224 g/mol. The topological polar surface area (TPSA) is 24.5 Å². The molecule has 1 aromatic rings. The average Bonchev–Trinajstić information content (AvgIpc) is 2.31. The lowest BCUT2D eigenvalue weighted by Crippen LogP contribution is -2.54. The fourth-order valence-corrected chi connectivity index (χ4v) is 2.40. The van der Waals surface area contributed by atoms with Crippen LogP contribution in [0.2, 0.25) is 0 Å². The molecule has 100 valence electrons. The van der Waals surface area contributed by atoms with Crippen LogP contribution in [-0.2, 0) is 4.74 Å². The lowest BCUT2D eigenvalue weighted by molar-refractivity contribution is -0.0487. The number of nitrogens with one attached hydrogen (secondary N) is 1. The van der Waals surface area contributed by atoms with Crippen molar-refractivity contribution < 1.29 is 4.74 Å². The van der Waals surface area contributed by atoms with Gasteiger partial charge in [-0.3, -0.25) is 4.90 Å². The number of nitrogens with zero attached hydrogens (tertiary/aromatic N) is 1. The Balaban J connectivity index is 1.81. The number of ether oxygens (including phenoxy) is 1. The minimum Gasteiger partial charge on any atom is -0.384 e. The minimum absolute atomic E-state index is 0.159. The van der Waals surface area contributed by atoms with Crippen LogP contribution in [0, 0.1) is 6.92 Å². The lowest BCUT2D eigenvalue weighted by atomic mass is 10.0. The van der Waals surface area contributed by atoms with E-state index in [4.69, 9.17) is 4.74 Å². The van der Waals surface area contributed by atoms with Crippen molar-refractivity contribution in [3.05, 3.63) is 29.8 Å². The molecule has 0 atom stereocenters. The fourth-order valence-electron chi connectivity index (χ4n) is 2.40. The van der Waals surface area contributed by atoms with Crippen molar-refractivity contribution in [1.29, 1.82) is 0 Å². The van der Waals surface area contributed by atoms with E-state index in [0.717, 1.165) is 32.8 Å². The van der Waals surface area contributed by atoms with Gasteiger partial charge in [0, 0.05) is 30.9 Å². The first-order chi connectivity index (χ1) is 8.58. The van der Waals surface area contributed by atoms with Gasteiger partial charge in [0.2, 0.25) is 0 Å². The quantitative estimate of drug-likeness (QED) is 0.886. The Morgan fingerprint density at radius 1 is 1.39 bits per heavy atom. The maximum absolute atomic E-state index is 5.53. The summed E-state index contributed by atoms with van der Waals surface area (Å²) in [4.78, 5) is 2.50. The van der Waals surface area contributed by atoms with Gasteiger partial charge in [-0.2, -0.15) is 0 Å². The number of benzene rings is 1. The van der Waals surface area contributed by atoms with E-state index in [9.17, 15) is 0 Å². The van der Waals surface area contributed by atoms with Gasteiger partial charge in [-0.1, -0.05) is 12.1 Å². The molecule has 0 spiro atoms. The highest BCUT2D eigenvalue weighted by Gasteiger charge is 2.29. The molecule has 1 aliphatic rings. The second-order valence-electron chi connectivity index (χ2n) is 5.65. The molecule has 1 saturated heterocycles. The molecule has 0 aromatic heterocycles. The van der Waals surface area contributed by atoms with Crippen molar-refractivity contribution in [3.63, 3.8) is 0 Å². The van der Waals surface area contributed by atoms with Crippen LogP contribution in [0.3, 0.4) is 0 Å². The van der Waals surface area contributed by atoms with Crippen molar-refractivity contribution >= 4 is 5.69 Å². The summed E-state index contributed by atoms with van der Waals surface area (Å²) in [7, 11) is 0. The number of morpholine rings is 1. The molecule has 0 aliphatic carbocycles. The van der Waals surface area contributed by atoms with Crippen molar-refractivity contribution in [2.75, 3.05) is 38.2 Å². The second-order valence-corrected chi connectivity index (χ2v) is 5.65.